The van der Waals surface area contributed by atoms with Gasteiger partial charge in [-0.2, -0.15) is 0 Å². The molecule has 2 aromatic rings. The third-order valence-corrected chi connectivity index (χ3v) is 4.17. The molecule has 2 rings (SSSR count). The summed E-state index contributed by atoms with van der Waals surface area (Å²) in [5, 5.41) is 7.07. The summed E-state index contributed by atoms with van der Waals surface area (Å²) in [6.07, 6.45) is 0. The van der Waals surface area contributed by atoms with Gasteiger partial charge in [0.1, 0.15) is 0 Å². The Balaban J connectivity index is 1.99. The number of alkyl halides is 1. The fourth-order valence-electron chi connectivity index (χ4n) is 1.68. The summed E-state index contributed by atoms with van der Waals surface area (Å²) in [4.78, 5) is 0. The molecule has 0 amide bonds. The number of hydrogen-bond donors (Lipinski definition) is 1. The number of fused-ring (bicyclic) bond motifs is 1. The Morgan fingerprint density at radius 2 is 2.19 bits per heavy atom. The van der Waals surface area contributed by atoms with E-state index in [0.29, 0.717) is 5.92 Å². The summed E-state index contributed by atoms with van der Waals surface area (Å²) in [5.41, 5.74) is 1.39. The zero-order valence-corrected chi connectivity index (χ0v) is 10.9. The lowest BCUT2D eigenvalue weighted by molar-refractivity contribution is 0.558. The first-order valence-electron chi connectivity index (χ1n) is 5.53. The Morgan fingerprint density at radius 1 is 1.38 bits per heavy atom. The normalized spacial score (nSPS) is 13.1. The molecule has 3 heteroatoms. The van der Waals surface area contributed by atoms with Crippen molar-refractivity contribution in [2.45, 2.75) is 13.5 Å². The van der Waals surface area contributed by atoms with E-state index in [9.17, 15) is 0 Å². The van der Waals surface area contributed by atoms with Gasteiger partial charge < -0.3 is 5.32 Å². The number of halogens is 1. The van der Waals surface area contributed by atoms with Crippen molar-refractivity contribution in [1.29, 1.82) is 0 Å². The van der Waals surface area contributed by atoms with Crippen LogP contribution in [0.25, 0.3) is 10.1 Å². The molecule has 1 aromatic carbocycles. The zero-order chi connectivity index (χ0) is 11.4. The summed E-state index contributed by atoms with van der Waals surface area (Å²) in [6.45, 7) is 4.07. The molecule has 1 nitrogen and oxygen atoms in total. The molecule has 1 heterocycles. The molecule has 0 bridgehead atoms. The summed E-state index contributed by atoms with van der Waals surface area (Å²) in [5.74, 6) is 1.25. The molecule has 1 N–H and O–H groups in total. The van der Waals surface area contributed by atoms with Crippen molar-refractivity contribution < 1.29 is 0 Å². The van der Waals surface area contributed by atoms with Crippen LogP contribution in [0.3, 0.4) is 0 Å². The Kier molecular flexibility index (Phi) is 4.22. The highest BCUT2D eigenvalue weighted by Gasteiger charge is 2.03. The topological polar surface area (TPSA) is 12.0 Å². The lowest BCUT2D eigenvalue weighted by Crippen LogP contribution is -2.21. The first-order valence-corrected chi connectivity index (χ1v) is 6.94. The van der Waals surface area contributed by atoms with Gasteiger partial charge in [-0.3, -0.25) is 0 Å². The summed E-state index contributed by atoms with van der Waals surface area (Å²) in [7, 11) is 0. The van der Waals surface area contributed by atoms with Crippen molar-refractivity contribution >= 4 is 33.0 Å². The standard InChI is InChI=1S/C13H16ClNS/c1-10(6-14)7-15-8-11-9-16-13-5-3-2-4-12(11)13/h2-5,9-10,15H,6-8H2,1H3. The van der Waals surface area contributed by atoms with E-state index in [2.05, 4.69) is 41.9 Å². The number of benzene rings is 1. The van der Waals surface area contributed by atoms with Crippen molar-refractivity contribution in [3.05, 3.63) is 35.2 Å². The molecular weight excluding hydrogens is 238 g/mol. The first kappa shape index (κ1) is 11.9. The molecule has 0 spiro atoms. The maximum Gasteiger partial charge on any atom is 0.0346 e. The lowest BCUT2D eigenvalue weighted by atomic mass is 10.1. The Morgan fingerprint density at radius 3 is 3.00 bits per heavy atom. The summed E-state index contributed by atoms with van der Waals surface area (Å²) >= 11 is 7.58. The van der Waals surface area contributed by atoms with Crippen LogP contribution in [-0.4, -0.2) is 12.4 Å². The molecule has 0 aliphatic rings. The van der Waals surface area contributed by atoms with E-state index in [1.807, 2.05) is 11.3 Å². The summed E-state index contributed by atoms with van der Waals surface area (Å²) < 4.78 is 1.37. The number of thiophene rings is 1. The van der Waals surface area contributed by atoms with Gasteiger partial charge in [-0.15, -0.1) is 22.9 Å². The van der Waals surface area contributed by atoms with Crippen LogP contribution in [0.2, 0.25) is 0 Å². The average Bonchev–Trinajstić information content (AvgIpc) is 2.73. The number of rotatable bonds is 5. The maximum absolute atomic E-state index is 5.77. The molecule has 0 fully saturated rings. The van der Waals surface area contributed by atoms with Crippen LogP contribution in [0.15, 0.2) is 29.6 Å². The van der Waals surface area contributed by atoms with Gasteiger partial charge in [0.15, 0.2) is 0 Å². The van der Waals surface area contributed by atoms with Crippen molar-refractivity contribution in [2.75, 3.05) is 12.4 Å². The van der Waals surface area contributed by atoms with Crippen LogP contribution in [0.5, 0.6) is 0 Å². The fraction of sp³-hybridized carbons (Fsp3) is 0.385. The largest absolute Gasteiger partial charge is 0.312 e. The second-order valence-corrected chi connectivity index (χ2v) is 5.37. The van der Waals surface area contributed by atoms with E-state index >= 15 is 0 Å². The van der Waals surface area contributed by atoms with Crippen LogP contribution in [0.1, 0.15) is 12.5 Å². The highest BCUT2D eigenvalue weighted by molar-refractivity contribution is 7.17. The van der Waals surface area contributed by atoms with Crippen LogP contribution < -0.4 is 5.32 Å². The number of hydrogen-bond acceptors (Lipinski definition) is 2. The Bertz CT molecular complexity index is 452. The quantitative estimate of drug-likeness (QED) is 0.798. The fourth-order valence-corrected chi connectivity index (χ4v) is 2.75. The van der Waals surface area contributed by atoms with E-state index in [4.69, 9.17) is 11.6 Å². The molecule has 86 valence electrons. The lowest BCUT2D eigenvalue weighted by Gasteiger charge is -2.08. The first-order chi connectivity index (χ1) is 7.81. The SMILES string of the molecule is CC(CCl)CNCc1csc2ccccc12. The average molecular weight is 254 g/mol. The molecule has 1 aromatic heterocycles. The molecule has 1 atom stereocenters. The molecule has 0 aliphatic carbocycles. The summed E-state index contributed by atoms with van der Waals surface area (Å²) in [6, 6.07) is 8.55. The monoisotopic (exact) mass is 253 g/mol. The van der Waals surface area contributed by atoms with E-state index in [1.165, 1.54) is 15.6 Å². The van der Waals surface area contributed by atoms with Crippen molar-refractivity contribution in [2.24, 2.45) is 5.92 Å². The molecule has 16 heavy (non-hydrogen) atoms. The van der Waals surface area contributed by atoms with Gasteiger partial charge in [0.2, 0.25) is 0 Å². The van der Waals surface area contributed by atoms with Gasteiger partial charge in [0.05, 0.1) is 0 Å². The maximum atomic E-state index is 5.77. The number of nitrogens with one attached hydrogen (secondary N) is 1. The third-order valence-electron chi connectivity index (χ3n) is 2.63. The Labute approximate surface area is 105 Å². The second-order valence-electron chi connectivity index (χ2n) is 4.15. The van der Waals surface area contributed by atoms with Crippen molar-refractivity contribution in [3.63, 3.8) is 0 Å². The van der Waals surface area contributed by atoms with Gasteiger partial charge in [-0.25, -0.2) is 0 Å². The highest BCUT2D eigenvalue weighted by atomic mass is 35.5. The minimum Gasteiger partial charge on any atom is -0.312 e. The van der Waals surface area contributed by atoms with E-state index < -0.39 is 0 Å². The minimum absolute atomic E-state index is 0.534. The van der Waals surface area contributed by atoms with Crippen LogP contribution in [0.4, 0.5) is 0 Å². The third kappa shape index (κ3) is 2.76. The van der Waals surface area contributed by atoms with Gasteiger partial charge in [0.25, 0.3) is 0 Å². The molecule has 0 radical (unpaired) electrons. The predicted molar refractivity (Wildman–Crippen MR) is 73.4 cm³/mol. The zero-order valence-electron chi connectivity index (χ0n) is 9.37. The van der Waals surface area contributed by atoms with Crippen molar-refractivity contribution in [1.82, 2.24) is 5.32 Å². The van der Waals surface area contributed by atoms with Crippen LogP contribution >= 0.6 is 22.9 Å². The molecule has 0 saturated carbocycles. The van der Waals surface area contributed by atoms with Crippen LogP contribution in [0, 0.1) is 5.92 Å². The van der Waals surface area contributed by atoms with Gasteiger partial charge >= 0.3 is 0 Å². The molecule has 0 aliphatic heterocycles. The molecule has 1 unspecified atom stereocenters. The highest BCUT2D eigenvalue weighted by Crippen LogP contribution is 2.25. The van der Waals surface area contributed by atoms with E-state index in [0.717, 1.165) is 19.0 Å². The van der Waals surface area contributed by atoms with E-state index in [-0.39, 0.29) is 0 Å². The predicted octanol–water partition coefficient (Wildman–Crippen LogP) is 3.87. The van der Waals surface area contributed by atoms with E-state index in [1.54, 1.807) is 0 Å². The molecule has 0 saturated heterocycles. The molecular formula is C13H16ClNS. The van der Waals surface area contributed by atoms with Crippen molar-refractivity contribution in [3.8, 4) is 0 Å². The second kappa shape index (κ2) is 5.67. The smallest absolute Gasteiger partial charge is 0.0346 e. The minimum atomic E-state index is 0.534. The van der Waals surface area contributed by atoms with Gasteiger partial charge in [-0.05, 0) is 34.9 Å². The van der Waals surface area contributed by atoms with Gasteiger partial charge in [0, 0.05) is 17.1 Å². The van der Waals surface area contributed by atoms with Crippen LogP contribution in [-0.2, 0) is 6.54 Å². The van der Waals surface area contributed by atoms with Gasteiger partial charge in [-0.1, -0.05) is 25.1 Å². The Hall–Kier alpha value is -0.570.